The summed E-state index contributed by atoms with van der Waals surface area (Å²) in [4.78, 5) is 14.3. The van der Waals surface area contributed by atoms with E-state index in [2.05, 4.69) is 0 Å². The second-order valence-electron chi connectivity index (χ2n) is 8.46. The van der Waals surface area contributed by atoms with Gasteiger partial charge in [0.1, 0.15) is 0 Å². The molecule has 0 saturated carbocycles. The Morgan fingerprint density at radius 2 is 1.10 bits per heavy atom. The van der Waals surface area contributed by atoms with E-state index in [-0.39, 0.29) is 22.5 Å². The zero-order valence-corrected chi connectivity index (χ0v) is 15.5. The summed E-state index contributed by atoms with van der Waals surface area (Å²) in [7, 11) is 0. The molecule has 0 aliphatic carbocycles. The molecule has 0 bridgehead atoms. The zero-order valence-electron chi connectivity index (χ0n) is 15.5. The van der Waals surface area contributed by atoms with Gasteiger partial charge in [0.15, 0.2) is 0 Å². The topological polar surface area (TPSA) is 38.8 Å². The highest BCUT2D eigenvalue weighted by Crippen LogP contribution is 2.18. The number of nitrogens with zero attached hydrogens (tertiary/aromatic N) is 1. The molecule has 0 radical (unpaired) electrons. The Bertz CT molecular complexity index is 298. The minimum absolute atomic E-state index is 0.137. The largest absolute Gasteiger partial charge is 0.374 e. The Hall–Kier alpha value is -0.610. The summed E-state index contributed by atoms with van der Waals surface area (Å²) in [5.74, 6) is 0.137. The molecule has 0 aromatic carbocycles. The van der Waals surface area contributed by atoms with Crippen LogP contribution in [0.3, 0.4) is 0 Å². The van der Waals surface area contributed by atoms with Crippen LogP contribution in [-0.2, 0) is 14.3 Å². The monoisotopic (exact) mass is 301 g/mol. The van der Waals surface area contributed by atoms with Gasteiger partial charge in [0.05, 0.1) is 24.4 Å². The predicted molar refractivity (Wildman–Crippen MR) is 87.4 cm³/mol. The highest BCUT2D eigenvalue weighted by Gasteiger charge is 2.27. The van der Waals surface area contributed by atoms with Gasteiger partial charge in [-0.2, -0.15) is 0 Å². The zero-order chi connectivity index (χ0) is 16.9. The molecule has 0 N–H and O–H groups in total. The van der Waals surface area contributed by atoms with Crippen LogP contribution >= 0.6 is 0 Å². The molecule has 0 heterocycles. The van der Waals surface area contributed by atoms with E-state index >= 15 is 0 Å². The van der Waals surface area contributed by atoms with Crippen LogP contribution in [0, 0.1) is 5.41 Å². The van der Waals surface area contributed by atoms with Crippen molar-refractivity contribution in [2.45, 2.75) is 73.5 Å². The predicted octanol–water partition coefficient (Wildman–Crippen LogP) is 3.49. The van der Waals surface area contributed by atoms with Crippen LogP contribution < -0.4 is 0 Å². The summed E-state index contributed by atoms with van der Waals surface area (Å²) in [6, 6.07) is 0. The van der Waals surface area contributed by atoms with Crippen LogP contribution in [0.5, 0.6) is 0 Å². The molecule has 4 nitrogen and oxygen atoms in total. The van der Waals surface area contributed by atoms with Gasteiger partial charge in [-0.1, -0.05) is 20.8 Å². The Morgan fingerprint density at radius 3 is 1.33 bits per heavy atom. The SMILES string of the molecule is CC(C)(C)OCCN(CCOC(C)(C)C)C(=O)C(C)(C)C. The van der Waals surface area contributed by atoms with E-state index in [4.69, 9.17) is 9.47 Å². The molecule has 0 saturated heterocycles. The smallest absolute Gasteiger partial charge is 0.228 e. The summed E-state index contributed by atoms with van der Waals surface area (Å²) in [5.41, 5.74) is -0.750. The van der Waals surface area contributed by atoms with Gasteiger partial charge in [-0.25, -0.2) is 0 Å². The molecule has 0 aromatic heterocycles. The first kappa shape index (κ1) is 20.4. The van der Waals surface area contributed by atoms with Crippen LogP contribution in [0.25, 0.3) is 0 Å². The van der Waals surface area contributed by atoms with Crippen molar-refractivity contribution in [3.05, 3.63) is 0 Å². The van der Waals surface area contributed by atoms with Crippen molar-refractivity contribution in [1.82, 2.24) is 4.90 Å². The number of hydrogen-bond donors (Lipinski definition) is 0. The fourth-order valence-corrected chi connectivity index (χ4v) is 1.71. The maximum atomic E-state index is 12.5. The number of amides is 1. The maximum absolute atomic E-state index is 12.5. The number of hydrogen-bond acceptors (Lipinski definition) is 3. The van der Waals surface area contributed by atoms with Crippen molar-refractivity contribution >= 4 is 5.91 Å². The molecule has 4 heteroatoms. The van der Waals surface area contributed by atoms with Crippen LogP contribution in [-0.4, -0.2) is 48.3 Å². The molecule has 21 heavy (non-hydrogen) atoms. The van der Waals surface area contributed by atoms with Gasteiger partial charge >= 0.3 is 0 Å². The van der Waals surface area contributed by atoms with Crippen molar-refractivity contribution < 1.29 is 14.3 Å². The molecule has 126 valence electrons. The van der Waals surface area contributed by atoms with E-state index in [0.29, 0.717) is 26.3 Å². The van der Waals surface area contributed by atoms with E-state index in [9.17, 15) is 4.79 Å². The average molecular weight is 301 g/mol. The molecule has 0 rings (SSSR count). The summed E-state index contributed by atoms with van der Waals surface area (Å²) in [5, 5.41) is 0. The molecule has 0 fully saturated rings. The number of carbonyl (C=O) groups excluding carboxylic acids is 1. The van der Waals surface area contributed by atoms with Crippen molar-refractivity contribution in [3.8, 4) is 0 Å². The van der Waals surface area contributed by atoms with E-state index in [0.717, 1.165) is 0 Å². The second-order valence-corrected chi connectivity index (χ2v) is 8.46. The molecular formula is C17H35NO3. The lowest BCUT2D eigenvalue weighted by Gasteiger charge is -2.31. The van der Waals surface area contributed by atoms with Crippen LogP contribution in [0.1, 0.15) is 62.3 Å². The number of carbonyl (C=O) groups is 1. The van der Waals surface area contributed by atoms with Gasteiger partial charge in [-0.3, -0.25) is 4.79 Å². The molecule has 0 aromatic rings. The van der Waals surface area contributed by atoms with Crippen molar-refractivity contribution in [2.75, 3.05) is 26.3 Å². The molecule has 0 unspecified atom stereocenters. The van der Waals surface area contributed by atoms with Gasteiger partial charge in [0, 0.05) is 18.5 Å². The number of rotatable bonds is 6. The van der Waals surface area contributed by atoms with E-state index in [1.807, 2.05) is 67.2 Å². The highest BCUT2D eigenvalue weighted by atomic mass is 16.5. The van der Waals surface area contributed by atoms with Crippen molar-refractivity contribution in [3.63, 3.8) is 0 Å². The van der Waals surface area contributed by atoms with E-state index in [1.54, 1.807) is 0 Å². The first-order chi connectivity index (χ1) is 9.22. The molecular weight excluding hydrogens is 266 g/mol. The van der Waals surface area contributed by atoms with Gasteiger partial charge in [-0.15, -0.1) is 0 Å². The summed E-state index contributed by atoms with van der Waals surface area (Å²) >= 11 is 0. The van der Waals surface area contributed by atoms with Gasteiger partial charge in [0.2, 0.25) is 5.91 Å². The lowest BCUT2D eigenvalue weighted by atomic mass is 9.94. The van der Waals surface area contributed by atoms with Crippen molar-refractivity contribution in [1.29, 1.82) is 0 Å². The second kappa shape index (κ2) is 7.59. The Balaban J connectivity index is 4.53. The first-order valence-corrected chi connectivity index (χ1v) is 7.80. The lowest BCUT2D eigenvalue weighted by molar-refractivity contribution is -0.142. The fourth-order valence-electron chi connectivity index (χ4n) is 1.71. The van der Waals surface area contributed by atoms with Crippen LogP contribution in [0.2, 0.25) is 0 Å². The number of ether oxygens (including phenoxy) is 2. The highest BCUT2D eigenvalue weighted by molar-refractivity contribution is 5.81. The molecule has 0 spiro atoms. The lowest BCUT2D eigenvalue weighted by Crippen LogP contribution is -2.44. The molecule has 0 aliphatic rings. The first-order valence-electron chi connectivity index (χ1n) is 7.80. The summed E-state index contributed by atoms with van der Waals surface area (Å²) < 4.78 is 11.5. The standard InChI is InChI=1S/C17H35NO3/c1-15(2,3)14(19)18(10-12-20-16(4,5)6)11-13-21-17(7,8)9/h10-13H2,1-9H3. The van der Waals surface area contributed by atoms with E-state index < -0.39 is 0 Å². The van der Waals surface area contributed by atoms with Crippen molar-refractivity contribution in [2.24, 2.45) is 5.41 Å². The average Bonchev–Trinajstić information content (AvgIpc) is 2.21. The van der Waals surface area contributed by atoms with E-state index in [1.165, 1.54) is 0 Å². The Morgan fingerprint density at radius 1 is 0.762 bits per heavy atom. The molecule has 1 amide bonds. The quantitative estimate of drug-likeness (QED) is 0.754. The Kier molecular flexibility index (Phi) is 7.37. The van der Waals surface area contributed by atoms with Gasteiger partial charge < -0.3 is 14.4 Å². The summed E-state index contributed by atoms with van der Waals surface area (Å²) in [6.07, 6.45) is 0. The third kappa shape index (κ3) is 10.7. The summed E-state index contributed by atoms with van der Waals surface area (Å²) in [6.45, 7) is 20.2. The molecule has 0 aliphatic heterocycles. The minimum Gasteiger partial charge on any atom is -0.374 e. The fraction of sp³-hybridized carbons (Fsp3) is 0.941. The normalized spacial score (nSPS) is 13.4. The Labute approximate surface area is 131 Å². The third-order valence-electron chi connectivity index (χ3n) is 2.72. The van der Waals surface area contributed by atoms with Gasteiger partial charge in [0.25, 0.3) is 0 Å². The minimum atomic E-state index is -0.385. The van der Waals surface area contributed by atoms with Crippen LogP contribution in [0.4, 0.5) is 0 Å². The van der Waals surface area contributed by atoms with Crippen LogP contribution in [0.15, 0.2) is 0 Å². The molecule has 0 atom stereocenters. The maximum Gasteiger partial charge on any atom is 0.228 e. The third-order valence-corrected chi connectivity index (χ3v) is 2.72. The van der Waals surface area contributed by atoms with Gasteiger partial charge in [-0.05, 0) is 41.5 Å².